The Morgan fingerprint density at radius 1 is 1.32 bits per heavy atom. The summed E-state index contributed by atoms with van der Waals surface area (Å²) in [6, 6.07) is 2.11. The van der Waals surface area contributed by atoms with Crippen LogP contribution in [0.4, 0.5) is 0 Å². The lowest BCUT2D eigenvalue weighted by Gasteiger charge is -2.12. The summed E-state index contributed by atoms with van der Waals surface area (Å²) in [6.07, 6.45) is 4.79. The second kappa shape index (κ2) is 6.30. The Hall–Kier alpha value is -1.20. The van der Waals surface area contributed by atoms with Crippen molar-refractivity contribution < 1.29 is 0 Å². The van der Waals surface area contributed by atoms with E-state index in [2.05, 4.69) is 51.1 Å². The number of halogens is 1. The van der Waals surface area contributed by atoms with Gasteiger partial charge in [0.25, 0.3) is 0 Å². The lowest BCUT2D eigenvalue weighted by Crippen LogP contribution is -2.16. The van der Waals surface area contributed by atoms with Crippen molar-refractivity contribution in [3.63, 3.8) is 0 Å². The highest BCUT2D eigenvalue weighted by Crippen LogP contribution is 2.19. The molecule has 102 valence electrons. The fourth-order valence-corrected chi connectivity index (χ4v) is 2.31. The number of pyridine rings is 1. The van der Waals surface area contributed by atoms with Crippen LogP contribution < -0.4 is 5.32 Å². The molecule has 2 rings (SSSR count). The van der Waals surface area contributed by atoms with Gasteiger partial charge in [-0.2, -0.15) is 0 Å². The van der Waals surface area contributed by atoms with E-state index in [-0.39, 0.29) is 0 Å². The SMILES string of the molecule is CCCNCc1cc(Br)cnc1-n1cnc(C)c1C. The van der Waals surface area contributed by atoms with Gasteiger partial charge in [-0.3, -0.25) is 4.57 Å². The van der Waals surface area contributed by atoms with E-state index in [0.29, 0.717) is 0 Å². The van der Waals surface area contributed by atoms with Crippen LogP contribution in [0.5, 0.6) is 0 Å². The number of hydrogen-bond acceptors (Lipinski definition) is 3. The molecule has 0 radical (unpaired) electrons. The second-order valence-corrected chi connectivity index (χ2v) is 5.51. The number of hydrogen-bond donors (Lipinski definition) is 1. The van der Waals surface area contributed by atoms with Gasteiger partial charge in [0.2, 0.25) is 0 Å². The van der Waals surface area contributed by atoms with Crippen LogP contribution in [0.2, 0.25) is 0 Å². The average Bonchev–Trinajstić information content (AvgIpc) is 2.71. The fourth-order valence-electron chi connectivity index (χ4n) is 1.93. The van der Waals surface area contributed by atoms with Crippen molar-refractivity contribution in [3.05, 3.63) is 40.0 Å². The Labute approximate surface area is 122 Å². The number of aryl methyl sites for hydroxylation is 1. The van der Waals surface area contributed by atoms with Crippen molar-refractivity contribution in [1.29, 1.82) is 0 Å². The first-order chi connectivity index (χ1) is 9.13. The Morgan fingerprint density at radius 2 is 2.11 bits per heavy atom. The monoisotopic (exact) mass is 322 g/mol. The first-order valence-electron chi connectivity index (χ1n) is 6.49. The maximum atomic E-state index is 4.54. The number of nitrogens with zero attached hydrogens (tertiary/aromatic N) is 3. The maximum absolute atomic E-state index is 4.54. The van der Waals surface area contributed by atoms with Crippen LogP contribution in [-0.2, 0) is 6.54 Å². The van der Waals surface area contributed by atoms with Gasteiger partial charge in [0.1, 0.15) is 12.1 Å². The number of nitrogens with one attached hydrogen (secondary N) is 1. The molecule has 2 aromatic heterocycles. The zero-order valence-corrected chi connectivity index (χ0v) is 13.2. The first kappa shape index (κ1) is 14.2. The van der Waals surface area contributed by atoms with Crippen molar-refractivity contribution in [2.75, 3.05) is 6.54 Å². The van der Waals surface area contributed by atoms with E-state index in [1.807, 2.05) is 24.0 Å². The normalized spacial score (nSPS) is 10.9. The van der Waals surface area contributed by atoms with Crippen LogP contribution in [-0.4, -0.2) is 21.1 Å². The summed E-state index contributed by atoms with van der Waals surface area (Å²) in [7, 11) is 0. The van der Waals surface area contributed by atoms with Crippen LogP contribution in [0.3, 0.4) is 0 Å². The largest absolute Gasteiger partial charge is 0.313 e. The van der Waals surface area contributed by atoms with Crippen molar-refractivity contribution in [2.24, 2.45) is 0 Å². The van der Waals surface area contributed by atoms with Gasteiger partial charge in [0.05, 0.1) is 5.69 Å². The number of rotatable bonds is 5. The van der Waals surface area contributed by atoms with E-state index in [1.165, 1.54) is 5.56 Å². The summed E-state index contributed by atoms with van der Waals surface area (Å²) in [4.78, 5) is 8.88. The zero-order chi connectivity index (χ0) is 13.8. The third-order valence-corrected chi connectivity index (χ3v) is 3.57. The molecule has 1 N–H and O–H groups in total. The molecule has 2 aromatic rings. The predicted octanol–water partition coefficient (Wildman–Crippen LogP) is 3.15. The molecular formula is C14H19BrN4. The summed E-state index contributed by atoms with van der Waals surface area (Å²) in [5.41, 5.74) is 3.34. The van der Waals surface area contributed by atoms with E-state index in [0.717, 1.165) is 41.2 Å². The molecule has 0 bridgehead atoms. The van der Waals surface area contributed by atoms with E-state index in [9.17, 15) is 0 Å². The van der Waals surface area contributed by atoms with Crippen molar-refractivity contribution >= 4 is 15.9 Å². The first-order valence-corrected chi connectivity index (χ1v) is 7.28. The van der Waals surface area contributed by atoms with Gasteiger partial charge in [-0.1, -0.05) is 6.92 Å². The van der Waals surface area contributed by atoms with Gasteiger partial charge < -0.3 is 5.32 Å². The zero-order valence-electron chi connectivity index (χ0n) is 11.6. The number of aromatic nitrogens is 3. The third-order valence-electron chi connectivity index (χ3n) is 3.13. The van der Waals surface area contributed by atoms with Crippen molar-refractivity contribution in [2.45, 2.75) is 33.7 Å². The van der Waals surface area contributed by atoms with Crippen LogP contribution in [0, 0.1) is 13.8 Å². The lowest BCUT2D eigenvalue weighted by molar-refractivity contribution is 0.669. The highest BCUT2D eigenvalue weighted by Gasteiger charge is 2.10. The maximum Gasteiger partial charge on any atom is 0.142 e. The molecular weight excluding hydrogens is 304 g/mol. The van der Waals surface area contributed by atoms with Crippen LogP contribution >= 0.6 is 15.9 Å². The van der Waals surface area contributed by atoms with Gasteiger partial charge >= 0.3 is 0 Å². The van der Waals surface area contributed by atoms with Crippen LogP contribution in [0.1, 0.15) is 30.3 Å². The van der Waals surface area contributed by atoms with Crippen molar-refractivity contribution in [1.82, 2.24) is 19.9 Å². The standard InChI is InChI=1S/C14H19BrN4/c1-4-5-16-7-12-6-13(15)8-17-14(12)19-9-18-10(2)11(19)3/h6,8-9,16H,4-5,7H2,1-3H3. The Balaban J connectivity index is 2.36. The minimum absolute atomic E-state index is 0.812. The Bertz CT molecular complexity index is 563. The molecule has 4 nitrogen and oxygen atoms in total. The molecule has 19 heavy (non-hydrogen) atoms. The molecule has 2 heterocycles. The van der Waals surface area contributed by atoms with Gasteiger partial charge in [-0.25, -0.2) is 9.97 Å². The van der Waals surface area contributed by atoms with Gasteiger partial charge in [-0.15, -0.1) is 0 Å². The van der Waals surface area contributed by atoms with Crippen LogP contribution in [0.25, 0.3) is 5.82 Å². The third kappa shape index (κ3) is 3.22. The molecule has 5 heteroatoms. The molecule has 0 aliphatic carbocycles. The molecule has 0 aliphatic rings. The van der Waals surface area contributed by atoms with Gasteiger partial charge in [0.15, 0.2) is 0 Å². The Kier molecular flexibility index (Phi) is 4.71. The predicted molar refractivity (Wildman–Crippen MR) is 80.5 cm³/mol. The molecule has 0 aliphatic heterocycles. The lowest BCUT2D eigenvalue weighted by atomic mass is 10.2. The molecule has 0 aromatic carbocycles. The van der Waals surface area contributed by atoms with E-state index >= 15 is 0 Å². The molecule has 0 unspecified atom stereocenters. The quantitative estimate of drug-likeness (QED) is 0.860. The van der Waals surface area contributed by atoms with E-state index in [1.54, 1.807) is 0 Å². The van der Waals surface area contributed by atoms with Crippen molar-refractivity contribution in [3.8, 4) is 5.82 Å². The van der Waals surface area contributed by atoms with Gasteiger partial charge in [-0.05, 0) is 48.8 Å². The Morgan fingerprint density at radius 3 is 2.74 bits per heavy atom. The summed E-state index contributed by atoms with van der Waals surface area (Å²) >= 11 is 3.49. The summed E-state index contributed by atoms with van der Waals surface area (Å²) in [5, 5.41) is 3.42. The molecule has 0 saturated heterocycles. The minimum Gasteiger partial charge on any atom is -0.313 e. The molecule has 0 fully saturated rings. The van der Waals surface area contributed by atoms with E-state index in [4.69, 9.17) is 0 Å². The fraction of sp³-hybridized carbons (Fsp3) is 0.429. The molecule has 0 atom stereocenters. The van der Waals surface area contributed by atoms with Crippen LogP contribution in [0.15, 0.2) is 23.1 Å². The highest BCUT2D eigenvalue weighted by atomic mass is 79.9. The van der Waals surface area contributed by atoms with Gasteiger partial charge in [0, 0.05) is 28.5 Å². The van der Waals surface area contributed by atoms with E-state index < -0.39 is 0 Å². The average molecular weight is 323 g/mol. The summed E-state index contributed by atoms with van der Waals surface area (Å²) in [6.45, 7) is 8.06. The topological polar surface area (TPSA) is 42.7 Å². The smallest absolute Gasteiger partial charge is 0.142 e. The minimum atomic E-state index is 0.812. The molecule has 0 spiro atoms. The summed E-state index contributed by atoms with van der Waals surface area (Å²) in [5.74, 6) is 0.949. The molecule has 0 amide bonds. The molecule has 0 saturated carbocycles. The number of imidazole rings is 1. The second-order valence-electron chi connectivity index (χ2n) is 4.60. The summed E-state index contributed by atoms with van der Waals surface area (Å²) < 4.78 is 3.05. The highest BCUT2D eigenvalue weighted by molar-refractivity contribution is 9.10.